The summed E-state index contributed by atoms with van der Waals surface area (Å²) in [6.07, 6.45) is 0.826. The van der Waals surface area contributed by atoms with Gasteiger partial charge in [-0.25, -0.2) is 4.39 Å². The Bertz CT molecular complexity index is 600. The zero-order valence-electron chi connectivity index (χ0n) is 10.4. The van der Waals surface area contributed by atoms with E-state index >= 15 is 0 Å². The van der Waals surface area contributed by atoms with Crippen LogP contribution in [0, 0.1) is 5.82 Å². The lowest BCUT2D eigenvalue weighted by atomic mass is 10.00. The smallest absolute Gasteiger partial charge is 0.148 e. The van der Waals surface area contributed by atoms with Crippen LogP contribution < -0.4 is 15.8 Å². The highest BCUT2D eigenvalue weighted by Crippen LogP contribution is 2.35. The number of benzene rings is 2. The maximum atomic E-state index is 13.4. The van der Waals surface area contributed by atoms with E-state index < -0.39 is 5.82 Å². The predicted molar refractivity (Wildman–Crippen MR) is 73.7 cm³/mol. The maximum Gasteiger partial charge on any atom is 0.148 e. The molecule has 98 valence electrons. The molecule has 1 heterocycles. The number of nitrogens with one attached hydrogen (secondary N) is 1. The molecule has 0 spiro atoms. The lowest BCUT2D eigenvalue weighted by Gasteiger charge is -2.27. The van der Waals surface area contributed by atoms with Crippen molar-refractivity contribution in [2.75, 3.05) is 17.7 Å². The Morgan fingerprint density at radius 2 is 2.00 bits per heavy atom. The van der Waals surface area contributed by atoms with Crippen LogP contribution in [0.15, 0.2) is 42.5 Å². The van der Waals surface area contributed by atoms with E-state index in [9.17, 15) is 4.39 Å². The maximum absolute atomic E-state index is 13.4. The first-order chi connectivity index (χ1) is 9.25. The number of anilines is 2. The van der Waals surface area contributed by atoms with E-state index in [-0.39, 0.29) is 11.7 Å². The van der Waals surface area contributed by atoms with E-state index in [4.69, 9.17) is 10.5 Å². The molecule has 3 nitrogen and oxygen atoms in total. The first-order valence-corrected chi connectivity index (χ1v) is 6.28. The van der Waals surface area contributed by atoms with E-state index in [0.717, 1.165) is 17.7 Å². The number of fused-ring (bicyclic) bond motifs is 1. The van der Waals surface area contributed by atoms with Crippen molar-refractivity contribution in [3.63, 3.8) is 0 Å². The van der Waals surface area contributed by atoms with Crippen molar-refractivity contribution >= 4 is 11.4 Å². The van der Waals surface area contributed by atoms with Gasteiger partial charge in [0.05, 0.1) is 24.0 Å². The van der Waals surface area contributed by atoms with E-state index in [1.807, 2.05) is 24.3 Å². The minimum absolute atomic E-state index is 0.0917. The predicted octanol–water partition coefficient (Wildman–Crippen LogP) is 3.34. The largest absolute Gasteiger partial charge is 0.493 e. The quantitative estimate of drug-likeness (QED) is 0.812. The minimum atomic E-state index is -0.398. The molecule has 3 rings (SSSR count). The summed E-state index contributed by atoms with van der Waals surface area (Å²) < 4.78 is 19.0. The average Bonchev–Trinajstić information content (AvgIpc) is 2.44. The average molecular weight is 258 g/mol. The fourth-order valence-corrected chi connectivity index (χ4v) is 2.34. The van der Waals surface area contributed by atoms with Crippen molar-refractivity contribution in [2.45, 2.75) is 12.5 Å². The van der Waals surface area contributed by atoms with E-state index in [0.29, 0.717) is 12.3 Å². The van der Waals surface area contributed by atoms with Gasteiger partial charge in [-0.05, 0) is 18.2 Å². The molecule has 4 heteroatoms. The number of hydrogen-bond acceptors (Lipinski definition) is 3. The molecule has 2 aromatic rings. The molecule has 0 aromatic heterocycles. The van der Waals surface area contributed by atoms with Crippen LogP contribution in [0.25, 0.3) is 0 Å². The van der Waals surface area contributed by atoms with Crippen LogP contribution in [0.1, 0.15) is 18.0 Å². The Morgan fingerprint density at radius 3 is 2.89 bits per heavy atom. The highest BCUT2D eigenvalue weighted by molar-refractivity contribution is 5.67. The van der Waals surface area contributed by atoms with Gasteiger partial charge in [-0.15, -0.1) is 0 Å². The molecular formula is C15H15FN2O. The van der Waals surface area contributed by atoms with Gasteiger partial charge in [0.1, 0.15) is 11.6 Å². The lowest BCUT2D eigenvalue weighted by Crippen LogP contribution is -2.20. The normalized spacial score (nSPS) is 17.4. The molecule has 1 unspecified atom stereocenters. The van der Waals surface area contributed by atoms with Crippen LogP contribution in [0.2, 0.25) is 0 Å². The Morgan fingerprint density at radius 1 is 1.16 bits per heavy atom. The van der Waals surface area contributed by atoms with Gasteiger partial charge in [0, 0.05) is 12.0 Å². The zero-order valence-corrected chi connectivity index (χ0v) is 10.4. The van der Waals surface area contributed by atoms with E-state index in [1.165, 1.54) is 6.07 Å². The Balaban J connectivity index is 1.91. The highest BCUT2D eigenvalue weighted by atomic mass is 19.1. The van der Waals surface area contributed by atoms with Crippen molar-refractivity contribution in [2.24, 2.45) is 0 Å². The fourth-order valence-electron chi connectivity index (χ4n) is 2.34. The number of para-hydroxylation sites is 2. The monoisotopic (exact) mass is 258 g/mol. The molecule has 0 bridgehead atoms. The minimum Gasteiger partial charge on any atom is -0.493 e. The second-order valence-electron chi connectivity index (χ2n) is 4.57. The summed E-state index contributed by atoms with van der Waals surface area (Å²) in [6.45, 7) is 0.643. The zero-order chi connectivity index (χ0) is 13.2. The Kier molecular flexibility index (Phi) is 2.99. The third-order valence-electron chi connectivity index (χ3n) is 3.34. The number of halogens is 1. The third kappa shape index (κ3) is 2.21. The second-order valence-corrected chi connectivity index (χ2v) is 4.57. The lowest BCUT2D eigenvalue weighted by molar-refractivity contribution is 0.274. The van der Waals surface area contributed by atoms with Crippen LogP contribution in [0.5, 0.6) is 5.75 Å². The van der Waals surface area contributed by atoms with Gasteiger partial charge in [0.25, 0.3) is 0 Å². The van der Waals surface area contributed by atoms with Crippen molar-refractivity contribution < 1.29 is 9.13 Å². The summed E-state index contributed by atoms with van der Waals surface area (Å²) in [5.41, 5.74) is 7.62. The van der Waals surface area contributed by atoms with Gasteiger partial charge in [-0.3, -0.25) is 0 Å². The first kappa shape index (κ1) is 11.8. The number of ether oxygens (including phenoxy) is 1. The Labute approximate surface area is 111 Å². The van der Waals surface area contributed by atoms with Gasteiger partial charge >= 0.3 is 0 Å². The molecular weight excluding hydrogens is 243 g/mol. The van der Waals surface area contributed by atoms with Crippen molar-refractivity contribution in [3.8, 4) is 5.75 Å². The summed E-state index contributed by atoms with van der Waals surface area (Å²) in [4.78, 5) is 0. The molecule has 19 heavy (non-hydrogen) atoms. The second kappa shape index (κ2) is 4.80. The van der Waals surface area contributed by atoms with Crippen LogP contribution in [0.3, 0.4) is 0 Å². The summed E-state index contributed by atoms with van der Waals surface area (Å²) in [7, 11) is 0. The van der Waals surface area contributed by atoms with Crippen LogP contribution in [0.4, 0.5) is 15.8 Å². The molecule has 0 radical (unpaired) electrons. The number of rotatable bonds is 2. The molecule has 1 aliphatic heterocycles. The van der Waals surface area contributed by atoms with Gasteiger partial charge in [-0.2, -0.15) is 0 Å². The third-order valence-corrected chi connectivity index (χ3v) is 3.34. The molecule has 1 aliphatic rings. The number of hydrogen-bond donors (Lipinski definition) is 2. The molecule has 3 N–H and O–H groups in total. The van der Waals surface area contributed by atoms with Gasteiger partial charge < -0.3 is 15.8 Å². The summed E-state index contributed by atoms with van der Waals surface area (Å²) in [5.74, 6) is 0.478. The molecule has 0 saturated carbocycles. The van der Waals surface area contributed by atoms with Crippen molar-refractivity contribution in [1.29, 1.82) is 0 Å². The Hall–Kier alpha value is -2.23. The van der Waals surface area contributed by atoms with Crippen LogP contribution >= 0.6 is 0 Å². The summed E-state index contributed by atoms with van der Waals surface area (Å²) >= 11 is 0. The molecule has 0 amide bonds. The molecule has 1 atom stereocenters. The van der Waals surface area contributed by atoms with Crippen LogP contribution in [-0.4, -0.2) is 6.61 Å². The molecule has 0 fully saturated rings. The van der Waals surface area contributed by atoms with Crippen molar-refractivity contribution in [1.82, 2.24) is 0 Å². The fraction of sp³-hybridized carbons (Fsp3) is 0.200. The standard InChI is InChI=1S/C15H15FN2O/c16-11-5-3-6-13(15(11)17)18-12-8-9-19-14-7-2-1-4-10(12)14/h1-7,12,18H,8-9,17H2. The van der Waals surface area contributed by atoms with Gasteiger partial charge in [0.15, 0.2) is 0 Å². The van der Waals surface area contributed by atoms with Crippen LogP contribution in [-0.2, 0) is 0 Å². The van der Waals surface area contributed by atoms with Gasteiger partial charge in [0.2, 0.25) is 0 Å². The van der Waals surface area contributed by atoms with E-state index in [2.05, 4.69) is 5.32 Å². The van der Waals surface area contributed by atoms with E-state index in [1.54, 1.807) is 12.1 Å². The summed E-state index contributed by atoms with van der Waals surface area (Å²) in [5, 5.41) is 3.30. The molecule has 0 saturated heterocycles. The topological polar surface area (TPSA) is 47.3 Å². The number of nitrogen functional groups attached to an aromatic ring is 1. The van der Waals surface area contributed by atoms with Gasteiger partial charge in [-0.1, -0.05) is 24.3 Å². The first-order valence-electron chi connectivity index (χ1n) is 6.28. The number of nitrogens with two attached hydrogens (primary N) is 1. The molecule has 0 aliphatic carbocycles. The summed E-state index contributed by atoms with van der Waals surface area (Å²) in [6, 6.07) is 12.8. The molecule has 2 aromatic carbocycles. The van der Waals surface area contributed by atoms with Crippen molar-refractivity contribution in [3.05, 3.63) is 53.8 Å². The highest BCUT2D eigenvalue weighted by Gasteiger charge is 2.21. The SMILES string of the molecule is Nc1c(F)cccc1NC1CCOc2ccccc21.